The molecule has 0 saturated carbocycles. The molecule has 7 heteroatoms. The molecule has 0 saturated heterocycles. The summed E-state index contributed by atoms with van der Waals surface area (Å²) in [6.07, 6.45) is 0. The van der Waals surface area contributed by atoms with E-state index in [1.165, 1.54) is 10.7 Å². The molecular weight excluding hydrogens is 282 g/mol. The van der Waals surface area contributed by atoms with E-state index in [9.17, 15) is 9.59 Å². The van der Waals surface area contributed by atoms with Gasteiger partial charge in [-0.2, -0.15) is 4.68 Å². The Bertz CT molecular complexity index is 973. The van der Waals surface area contributed by atoms with Crippen molar-refractivity contribution in [3.63, 3.8) is 0 Å². The van der Waals surface area contributed by atoms with Gasteiger partial charge in [-0.15, -0.1) is 0 Å². The highest BCUT2D eigenvalue weighted by Gasteiger charge is 2.16. The molecule has 0 fully saturated rings. The number of hydrogen-bond acceptors (Lipinski definition) is 4. The van der Waals surface area contributed by atoms with Crippen molar-refractivity contribution < 1.29 is 0 Å². The van der Waals surface area contributed by atoms with Gasteiger partial charge in [0.2, 0.25) is 0 Å². The number of nitrogens with zero attached hydrogens (tertiary/aromatic N) is 4. The molecule has 0 aliphatic heterocycles. The zero-order chi connectivity index (χ0) is 16.0. The molecule has 3 aromatic rings. The number of aromatic amines is 1. The molecule has 3 heterocycles. The first kappa shape index (κ1) is 14.2. The monoisotopic (exact) mass is 299 g/mol. The fourth-order valence-corrected chi connectivity index (χ4v) is 2.75. The van der Waals surface area contributed by atoms with E-state index in [1.54, 1.807) is 11.5 Å². The molecule has 114 valence electrons. The van der Waals surface area contributed by atoms with Gasteiger partial charge in [0.1, 0.15) is 0 Å². The second kappa shape index (κ2) is 4.94. The van der Waals surface area contributed by atoms with Gasteiger partial charge >= 0.3 is 0 Å². The molecule has 0 aromatic carbocycles. The average molecular weight is 299 g/mol. The third-order valence-corrected chi connectivity index (χ3v) is 3.71. The number of fused-ring (bicyclic) bond motifs is 1. The molecule has 0 atom stereocenters. The van der Waals surface area contributed by atoms with Crippen LogP contribution in [0.15, 0.2) is 21.7 Å². The molecule has 3 aromatic heterocycles. The van der Waals surface area contributed by atoms with E-state index in [4.69, 9.17) is 0 Å². The van der Waals surface area contributed by atoms with Gasteiger partial charge in [-0.1, -0.05) is 0 Å². The second-order valence-corrected chi connectivity index (χ2v) is 5.30. The van der Waals surface area contributed by atoms with Crippen molar-refractivity contribution in [2.75, 3.05) is 0 Å². The average Bonchev–Trinajstić information content (AvgIpc) is 2.75. The summed E-state index contributed by atoms with van der Waals surface area (Å²) in [5.74, 6) is 0.286. The molecule has 0 amide bonds. The van der Waals surface area contributed by atoms with Gasteiger partial charge in [0, 0.05) is 29.7 Å². The highest BCUT2D eigenvalue weighted by molar-refractivity contribution is 5.80. The van der Waals surface area contributed by atoms with Gasteiger partial charge < -0.3 is 4.57 Å². The van der Waals surface area contributed by atoms with Gasteiger partial charge in [0.25, 0.3) is 17.1 Å². The Kier molecular flexibility index (Phi) is 3.20. The number of pyridine rings is 1. The van der Waals surface area contributed by atoms with Crippen LogP contribution < -0.4 is 11.1 Å². The van der Waals surface area contributed by atoms with Crippen molar-refractivity contribution in [3.05, 3.63) is 49.9 Å². The van der Waals surface area contributed by atoms with E-state index in [0.717, 1.165) is 11.4 Å². The molecule has 0 radical (unpaired) electrons. The predicted molar refractivity (Wildman–Crippen MR) is 83.6 cm³/mol. The van der Waals surface area contributed by atoms with E-state index < -0.39 is 0 Å². The van der Waals surface area contributed by atoms with Crippen molar-refractivity contribution >= 4 is 10.9 Å². The summed E-state index contributed by atoms with van der Waals surface area (Å²) in [5.41, 5.74) is 2.31. The summed E-state index contributed by atoms with van der Waals surface area (Å²) in [6, 6.07) is 3.27. The molecule has 0 aliphatic rings. The van der Waals surface area contributed by atoms with Gasteiger partial charge in [-0.05, 0) is 33.8 Å². The molecule has 1 N–H and O–H groups in total. The number of rotatable bonds is 2. The predicted octanol–water partition coefficient (Wildman–Crippen LogP) is 1.22. The smallest absolute Gasteiger partial charge is 0.283 e. The molecule has 0 bridgehead atoms. The number of aromatic nitrogens is 5. The van der Waals surface area contributed by atoms with E-state index in [0.29, 0.717) is 23.1 Å². The van der Waals surface area contributed by atoms with Crippen molar-refractivity contribution in [1.82, 2.24) is 24.3 Å². The lowest BCUT2D eigenvalue weighted by molar-refractivity contribution is 0.708. The first-order valence-electron chi connectivity index (χ1n) is 7.10. The zero-order valence-corrected chi connectivity index (χ0v) is 13.0. The number of nitrogens with one attached hydrogen (secondary N) is 1. The van der Waals surface area contributed by atoms with Crippen molar-refractivity contribution in [2.45, 2.75) is 34.2 Å². The third kappa shape index (κ3) is 2.05. The van der Waals surface area contributed by atoms with Crippen LogP contribution in [0.25, 0.3) is 16.9 Å². The van der Waals surface area contributed by atoms with E-state index in [1.807, 2.05) is 26.8 Å². The summed E-state index contributed by atoms with van der Waals surface area (Å²) < 4.78 is 2.86. The molecule has 7 nitrogen and oxygen atoms in total. The van der Waals surface area contributed by atoms with Crippen LogP contribution in [0.2, 0.25) is 0 Å². The summed E-state index contributed by atoms with van der Waals surface area (Å²) in [6.45, 7) is 7.86. The van der Waals surface area contributed by atoms with Crippen LogP contribution in [-0.2, 0) is 6.54 Å². The van der Waals surface area contributed by atoms with Crippen LogP contribution in [0, 0.1) is 20.8 Å². The van der Waals surface area contributed by atoms with Crippen LogP contribution in [0.3, 0.4) is 0 Å². The minimum Gasteiger partial charge on any atom is -0.312 e. The molecular formula is C15H17N5O2. The van der Waals surface area contributed by atoms with Crippen LogP contribution >= 0.6 is 0 Å². The molecule has 22 heavy (non-hydrogen) atoms. The summed E-state index contributed by atoms with van der Waals surface area (Å²) in [4.78, 5) is 33.3. The van der Waals surface area contributed by atoms with Crippen molar-refractivity contribution in [1.29, 1.82) is 0 Å². The van der Waals surface area contributed by atoms with Gasteiger partial charge in [-0.25, -0.2) is 9.97 Å². The number of aryl methyl sites for hydroxylation is 3. The molecule has 0 spiro atoms. The topological polar surface area (TPSA) is 85.6 Å². The van der Waals surface area contributed by atoms with E-state index in [-0.39, 0.29) is 17.1 Å². The van der Waals surface area contributed by atoms with Gasteiger partial charge in [0.05, 0.1) is 10.9 Å². The Balaban J connectivity index is 2.38. The first-order chi connectivity index (χ1) is 10.4. The quantitative estimate of drug-likeness (QED) is 0.771. The van der Waals surface area contributed by atoms with Crippen LogP contribution in [0.1, 0.15) is 24.0 Å². The highest BCUT2D eigenvalue weighted by atomic mass is 16.1. The lowest BCUT2D eigenvalue weighted by atomic mass is 10.2. The van der Waals surface area contributed by atoms with Crippen LogP contribution in [0.5, 0.6) is 0 Å². The van der Waals surface area contributed by atoms with Crippen molar-refractivity contribution in [2.24, 2.45) is 0 Å². The maximum atomic E-state index is 12.7. The minimum atomic E-state index is -0.250. The lowest BCUT2D eigenvalue weighted by Gasteiger charge is -2.05. The summed E-state index contributed by atoms with van der Waals surface area (Å²) in [7, 11) is 0. The Hall–Kier alpha value is -2.70. The van der Waals surface area contributed by atoms with Gasteiger partial charge in [-0.3, -0.25) is 14.7 Å². The normalized spacial score (nSPS) is 11.3. The van der Waals surface area contributed by atoms with E-state index >= 15 is 0 Å². The standard InChI is InChI=1S/C15H17N5O2/c1-5-19-10(4)13-11(7-12(19)21)18-20(14(13)22)15-16-8(2)6-9(3)17-15/h6-7,18H,5H2,1-4H3. The fourth-order valence-electron chi connectivity index (χ4n) is 2.75. The number of hydrogen-bond donors (Lipinski definition) is 1. The SMILES string of the molecule is CCn1c(C)c2c(=O)n(-c3nc(C)cc(C)n3)[nH]c2cc1=O. The fraction of sp³-hybridized carbons (Fsp3) is 0.333. The van der Waals surface area contributed by atoms with Crippen LogP contribution in [0.4, 0.5) is 0 Å². The second-order valence-electron chi connectivity index (χ2n) is 5.30. The summed E-state index contributed by atoms with van der Waals surface area (Å²) >= 11 is 0. The largest absolute Gasteiger partial charge is 0.312 e. The Morgan fingerprint density at radius 3 is 2.32 bits per heavy atom. The summed E-state index contributed by atoms with van der Waals surface area (Å²) in [5, 5.41) is 3.42. The third-order valence-electron chi connectivity index (χ3n) is 3.71. The lowest BCUT2D eigenvalue weighted by Crippen LogP contribution is -2.22. The highest BCUT2D eigenvalue weighted by Crippen LogP contribution is 2.12. The van der Waals surface area contributed by atoms with E-state index in [2.05, 4.69) is 15.1 Å². The minimum absolute atomic E-state index is 0.137. The molecule has 3 rings (SSSR count). The van der Waals surface area contributed by atoms with Crippen LogP contribution in [-0.4, -0.2) is 24.3 Å². The maximum Gasteiger partial charge on any atom is 0.283 e. The molecule has 0 aliphatic carbocycles. The first-order valence-corrected chi connectivity index (χ1v) is 7.10. The van der Waals surface area contributed by atoms with Crippen molar-refractivity contribution in [3.8, 4) is 5.95 Å². The Morgan fingerprint density at radius 1 is 1.09 bits per heavy atom. The maximum absolute atomic E-state index is 12.7. The number of H-pyrrole nitrogens is 1. The Labute approximate surface area is 126 Å². The zero-order valence-electron chi connectivity index (χ0n) is 13.0. The molecule has 0 unspecified atom stereocenters. The van der Waals surface area contributed by atoms with Gasteiger partial charge in [0.15, 0.2) is 0 Å². The Morgan fingerprint density at radius 2 is 1.73 bits per heavy atom.